The second-order valence-corrected chi connectivity index (χ2v) is 14.9. The number of amides is 4. The fourth-order valence-corrected chi connectivity index (χ4v) is 6.91. The van der Waals surface area contributed by atoms with Gasteiger partial charge in [0.15, 0.2) is 0 Å². The minimum Gasteiger partial charge on any atom is -0.494 e. The summed E-state index contributed by atoms with van der Waals surface area (Å²) in [7, 11) is 0. The highest BCUT2D eigenvalue weighted by molar-refractivity contribution is 5.98. The number of likely N-dealkylation sites (tertiary alicyclic amines) is 2. The van der Waals surface area contributed by atoms with Crippen molar-refractivity contribution in [3.05, 3.63) is 96.3 Å². The van der Waals surface area contributed by atoms with Crippen molar-refractivity contribution in [2.45, 2.75) is 49.6 Å². The number of hydrogen-bond donors (Lipinski definition) is 3. The molecule has 328 valence electrons. The molecule has 63 heavy (non-hydrogen) atoms. The van der Waals surface area contributed by atoms with Crippen LogP contribution in [0, 0.1) is 22.7 Å². The number of halogens is 4. The lowest BCUT2D eigenvalue weighted by atomic mass is 10.1. The molecule has 0 radical (unpaired) electrons. The predicted molar refractivity (Wildman–Crippen MR) is 218 cm³/mol. The van der Waals surface area contributed by atoms with Gasteiger partial charge in [-0.2, -0.15) is 10.5 Å². The fourth-order valence-electron chi connectivity index (χ4n) is 6.91. The number of ether oxygens (including phenoxy) is 2. The van der Waals surface area contributed by atoms with Crippen molar-refractivity contribution in [2.24, 2.45) is 0 Å². The van der Waals surface area contributed by atoms with Crippen molar-refractivity contribution in [1.29, 1.82) is 10.5 Å². The maximum atomic E-state index is 13.7. The van der Waals surface area contributed by atoms with Crippen LogP contribution in [0.2, 0.25) is 0 Å². The Bertz CT molecular complexity index is 2190. The van der Waals surface area contributed by atoms with Gasteiger partial charge in [0.1, 0.15) is 23.6 Å². The predicted octanol–water partition coefficient (Wildman–Crippen LogP) is 4.62. The van der Waals surface area contributed by atoms with Crippen LogP contribution in [0.15, 0.2) is 85.2 Å². The number of carbonyl (C=O) groups is 4. The fraction of sp³-hybridized carbons (Fsp3) is 0.364. The van der Waals surface area contributed by atoms with Crippen LogP contribution >= 0.6 is 0 Å². The van der Waals surface area contributed by atoms with E-state index in [1.807, 2.05) is 0 Å². The molecule has 0 unspecified atom stereocenters. The minimum absolute atomic E-state index is 0.222. The first-order valence-electron chi connectivity index (χ1n) is 20.0. The van der Waals surface area contributed by atoms with Gasteiger partial charge in [-0.3, -0.25) is 29.1 Å². The van der Waals surface area contributed by atoms with Crippen molar-refractivity contribution in [3.63, 3.8) is 0 Å². The van der Waals surface area contributed by atoms with Gasteiger partial charge in [-0.15, -0.1) is 0 Å². The van der Waals surface area contributed by atoms with Gasteiger partial charge in [-0.1, -0.05) is 0 Å². The van der Waals surface area contributed by atoms with E-state index in [2.05, 4.69) is 25.9 Å². The van der Waals surface area contributed by atoms with E-state index in [1.54, 1.807) is 72.8 Å². The highest BCUT2D eigenvalue weighted by Gasteiger charge is 2.48. The van der Waals surface area contributed by atoms with Gasteiger partial charge >= 0.3 is 0 Å². The molecule has 6 rings (SSSR count). The third-order valence-electron chi connectivity index (χ3n) is 10.2. The number of aromatic nitrogens is 2. The van der Waals surface area contributed by atoms with Crippen molar-refractivity contribution < 1.29 is 46.2 Å². The maximum absolute atomic E-state index is 13.7. The molecule has 3 N–H and O–H groups in total. The molecule has 0 aliphatic carbocycles. The van der Waals surface area contributed by atoms with Crippen LogP contribution in [-0.2, 0) is 9.59 Å². The molecule has 2 aromatic carbocycles. The van der Waals surface area contributed by atoms with Gasteiger partial charge in [-0.05, 0) is 98.7 Å². The van der Waals surface area contributed by atoms with E-state index in [0.717, 1.165) is 46.9 Å². The van der Waals surface area contributed by atoms with Gasteiger partial charge in [0, 0.05) is 47.5 Å². The first-order chi connectivity index (χ1) is 30.2. The second-order valence-electron chi connectivity index (χ2n) is 14.9. The summed E-state index contributed by atoms with van der Waals surface area (Å²) >= 11 is 0. The van der Waals surface area contributed by atoms with Crippen LogP contribution < -0.4 is 25.4 Å². The number of carbonyl (C=O) groups excluding carboxylic acids is 4. The molecule has 0 spiro atoms. The van der Waals surface area contributed by atoms with Crippen molar-refractivity contribution in [3.8, 4) is 46.2 Å². The van der Waals surface area contributed by atoms with E-state index in [0.29, 0.717) is 36.1 Å². The van der Waals surface area contributed by atoms with Gasteiger partial charge in [-0.25, -0.2) is 17.6 Å². The summed E-state index contributed by atoms with van der Waals surface area (Å²) in [5.41, 5.74) is 2.89. The third kappa shape index (κ3) is 12.5. The monoisotopic (exact) mass is 869 g/mol. The standard InChI is InChI=1S/C44H43F4N9O6/c45-43(46)21-33(23-49)56(27-43)39(58)25-54-41(60)31-11-15-52-37(19-31)29-3-7-35(8-4-29)62-17-1-13-51-14-2-18-63-36-9-5-30(6-10-36)38-20-32(12-16-53-38)42(61)55-26-40(59)57-28-44(47,48)22-34(57)24-50/h3-12,15-16,19-20,33-34,51H,1-2,13-14,17-18,21-22,25-28H2,(H,54,60)(H,55,61)/t33-,34-/m0/s1. The number of nitrogens with zero attached hydrogens (tertiary/aromatic N) is 6. The summed E-state index contributed by atoms with van der Waals surface area (Å²) in [6, 6.07) is 21.3. The van der Waals surface area contributed by atoms with E-state index in [9.17, 15) is 36.7 Å². The zero-order valence-corrected chi connectivity index (χ0v) is 33.9. The van der Waals surface area contributed by atoms with Crippen LogP contribution in [0.1, 0.15) is 46.4 Å². The zero-order chi connectivity index (χ0) is 45.0. The van der Waals surface area contributed by atoms with Crippen LogP contribution in [0.25, 0.3) is 22.5 Å². The van der Waals surface area contributed by atoms with Crippen LogP contribution in [0.5, 0.6) is 11.5 Å². The summed E-state index contributed by atoms with van der Waals surface area (Å²) in [5.74, 6) is -7.69. The number of alkyl halides is 4. The number of nitrogens with one attached hydrogen (secondary N) is 3. The summed E-state index contributed by atoms with van der Waals surface area (Å²) in [5, 5.41) is 26.5. The summed E-state index contributed by atoms with van der Waals surface area (Å²) in [6.45, 7) is -0.385. The normalized spacial score (nSPS) is 17.3. The van der Waals surface area contributed by atoms with Gasteiger partial charge in [0.25, 0.3) is 23.7 Å². The Morgan fingerprint density at radius 1 is 0.651 bits per heavy atom. The first kappa shape index (κ1) is 45.4. The van der Waals surface area contributed by atoms with Gasteiger partial charge in [0.05, 0.1) is 62.9 Å². The van der Waals surface area contributed by atoms with Crippen LogP contribution in [0.4, 0.5) is 17.6 Å². The van der Waals surface area contributed by atoms with Crippen molar-refractivity contribution in [1.82, 2.24) is 35.7 Å². The molecule has 19 heteroatoms. The molecule has 2 aliphatic rings. The average molecular weight is 870 g/mol. The molecular formula is C44H43F4N9O6. The summed E-state index contributed by atoms with van der Waals surface area (Å²) in [4.78, 5) is 60.6. The molecule has 2 saturated heterocycles. The summed E-state index contributed by atoms with van der Waals surface area (Å²) < 4.78 is 66.5. The Morgan fingerprint density at radius 3 is 1.43 bits per heavy atom. The molecule has 4 amide bonds. The molecule has 2 fully saturated rings. The smallest absolute Gasteiger partial charge is 0.268 e. The van der Waals surface area contributed by atoms with Crippen LogP contribution in [0.3, 0.4) is 0 Å². The van der Waals surface area contributed by atoms with Gasteiger partial charge in [0.2, 0.25) is 11.8 Å². The van der Waals surface area contributed by atoms with Crippen LogP contribution in [-0.4, -0.2) is 120 Å². The van der Waals surface area contributed by atoms with E-state index in [1.165, 1.54) is 24.5 Å². The quantitative estimate of drug-likeness (QED) is 0.0931. The number of benzene rings is 2. The maximum Gasteiger partial charge on any atom is 0.268 e. The highest BCUT2D eigenvalue weighted by atomic mass is 19.3. The average Bonchev–Trinajstić information content (AvgIpc) is 3.80. The Labute approximate surface area is 360 Å². The Kier molecular flexibility index (Phi) is 14.9. The molecule has 0 saturated carbocycles. The molecule has 2 atom stereocenters. The number of nitriles is 2. The van der Waals surface area contributed by atoms with E-state index in [4.69, 9.17) is 20.0 Å². The molecular weight excluding hydrogens is 827 g/mol. The highest BCUT2D eigenvalue weighted by Crippen LogP contribution is 2.33. The minimum atomic E-state index is -3.15. The number of pyridine rings is 2. The van der Waals surface area contributed by atoms with Gasteiger partial charge < -0.3 is 35.2 Å². The third-order valence-corrected chi connectivity index (χ3v) is 10.2. The molecule has 15 nitrogen and oxygen atoms in total. The Balaban J connectivity index is 0.840. The Morgan fingerprint density at radius 2 is 1.05 bits per heavy atom. The van der Waals surface area contributed by atoms with E-state index in [-0.39, 0.29) is 11.1 Å². The first-order valence-corrected chi connectivity index (χ1v) is 20.0. The molecule has 2 aliphatic heterocycles. The van der Waals surface area contributed by atoms with Crippen molar-refractivity contribution >= 4 is 23.6 Å². The Hall–Kier alpha value is -7.12. The van der Waals surface area contributed by atoms with E-state index < -0.39 is 86.6 Å². The molecule has 2 aromatic heterocycles. The number of hydrogen-bond acceptors (Lipinski definition) is 11. The van der Waals surface area contributed by atoms with E-state index >= 15 is 0 Å². The second kappa shape index (κ2) is 20.6. The lowest BCUT2D eigenvalue weighted by molar-refractivity contribution is -0.132. The largest absolute Gasteiger partial charge is 0.494 e. The topological polar surface area (TPSA) is 203 Å². The number of rotatable bonds is 18. The molecule has 0 bridgehead atoms. The lowest BCUT2D eigenvalue weighted by Crippen LogP contribution is -2.42. The molecule has 4 aromatic rings. The molecule has 4 heterocycles. The van der Waals surface area contributed by atoms with Crippen molar-refractivity contribution in [2.75, 3.05) is 52.5 Å². The summed E-state index contributed by atoms with van der Waals surface area (Å²) in [6.07, 6.45) is 2.93. The lowest BCUT2D eigenvalue weighted by Gasteiger charge is -2.19. The SMILES string of the molecule is N#C[C@@H]1CC(F)(F)CN1C(=O)CNC(=O)c1ccnc(-c2ccc(OCCCNCCCOc3ccc(-c4cc(C(=O)NCC(=O)N5CC(F)(F)C[C@H]5C#N)ccn4)cc3)cc2)c1. The zero-order valence-electron chi connectivity index (χ0n) is 33.9.